The first kappa shape index (κ1) is 45.8. The molecule has 0 bridgehead atoms. The molecule has 2 aliphatic heterocycles. The van der Waals surface area contributed by atoms with E-state index in [2.05, 4.69) is 0 Å². The molecule has 2 aromatic rings. The maximum atomic E-state index is 13.0. The second-order valence-corrected chi connectivity index (χ2v) is 13.2. The van der Waals surface area contributed by atoms with Gasteiger partial charge in [0.25, 0.3) is 0 Å². The van der Waals surface area contributed by atoms with Crippen molar-refractivity contribution >= 4 is 30.1 Å². The summed E-state index contributed by atoms with van der Waals surface area (Å²) in [6, 6.07) is 9.27. The highest BCUT2D eigenvalue weighted by Crippen LogP contribution is 2.40. The first-order valence-electron chi connectivity index (χ1n) is 17.8. The quantitative estimate of drug-likeness (QED) is 0.0406. The van der Waals surface area contributed by atoms with Crippen LogP contribution in [0.25, 0.3) is 12.2 Å². The Balaban J connectivity index is 1.42. The van der Waals surface area contributed by atoms with Crippen LogP contribution in [0.5, 0.6) is 23.0 Å². The molecule has 2 heterocycles. The molecule has 4 rings (SSSR count). The van der Waals surface area contributed by atoms with E-state index in [4.69, 9.17) is 42.6 Å². The summed E-state index contributed by atoms with van der Waals surface area (Å²) in [5.41, 5.74) is 0.908. The Bertz CT molecular complexity index is 1750. The van der Waals surface area contributed by atoms with E-state index >= 15 is 0 Å². The number of methoxy groups -OCH3 is 2. The average molecular weight is 825 g/mol. The molecule has 58 heavy (non-hydrogen) atoms. The molecular weight excluding hydrogens is 776 g/mol. The number of ether oxygens (including phenoxy) is 9. The lowest BCUT2D eigenvalue weighted by Crippen LogP contribution is -2.62. The third-order valence-corrected chi connectivity index (χ3v) is 8.81. The van der Waals surface area contributed by atoms with E-state index in [-0.39, 0.29) is 18.1 Å². The summed E-state index contributed by atoms with van der Waals surface area (Å²) in [6.45, 7) is 0.339. The van der Waals surface area contributed by atoms with E-state index in [1.165, 1.54) is 51.5 Å². The van der Waals surface area contributed by atoms with Crippen molar-refractivity contribution in [2.45, 2.75) is 87.5 Å². The molecule has 0 spiro atoms. The van der Waals surface area contributed by atoms with Gasteiger partial charge in [0.1, 0.15) is 61.5 Å². The predicted octanol–water partition coefficient (Wildman–Crippen LogP) is -1.11. The number of carbonyl (C=O) groups excluding carboxylic acids is 3. The van der Waals surface area contributed by atoms with Gasteiger partial charge in [0.05, 0.1) is 27.4 Å². The van der Waals surface area contributed by atoms with Crippen LogP contribution >= 0.6 is 0 Å². The van der Waals surface area contributed by atoms with Crippen LogP contribution in [0.2, 0.25) is 0 Å². The molecule has 0 radical (unpaired) electrons. The smallest absolute Gasteiger partial charge is 0.331 e. The minimum Gasteiger partial charge on any atom is -0.504 e. The SMILES string of the molecule is COc1ccc(/C=C/C(=O)O[C@H]2[C@@H](O[C@](C)(CC(=O)OC/C=C/c3cc(O)c(O[C@H]4O[C@H](CO)[C@@H](O)[C@H](O)[C@H]4O)c(OC)c3)OC(C)=O)O[C@H](CO)[C@@H](O)[C@@H]2O)cc1. The summed E-state index contributed by atoms with van der Waals surface area (Å²) in [5, 5.41) is 81.7. The Labute approximate surface area is 331 Å². The van der Waals surface area contributed by atoms with Gasteiger partial charge >= 0.3 is 17.9 Å². The number of benzene rings is 2. The van der Waals surface area contributed by atoms with Gasteiger partial charge in [0.15, 0.2) is 17.6 Å². The zero-order valence-electron chi connectivity index (χ0n) is 31.9. The van der Waals surface area contributed by atoms with Crippen LogP contribution in [0.3, 0.4) is 0 Å². The largest absolute Gasteiger partial charge is 0.504 e. The van der Waals surface area contributed by atoms with E-state index in [9.17, 15) is 55.2 Å². The van der Waals surface area contributed by atoms with Gasteiger partial charge in [-0.05, 0) is 47.5 Å². The van der Waals surface area contributed by atoms with Crippen LogP contribution in [0.1, 0.15) is 31.4 Å². The maximum absolute atomic E-state index is 13.0. The number of hydrogen-bond acceptors (Lipinski definition) is 20. The van der Waals surface area contributed by atoms with Gasteiger partial charge in [-0.1, -0.05) is 18.2 Å². The Morgan fingerprint density at radius 2 is 1.45 bits per heavy atom. The summed E-state index contributed by atoms with van der Waals surface area (Å²) >= 11 is 0. The van der Waals surface area contributed by atoms with Crippen LogP contribution in [0, 0.1) is 0 Å². The lowest BCUT2D eigenvalue weighted by Gasteiger charge is -2.43. The number of phenols is 1. The molecule has 20 heteroatoms. The maximum Gasteiger partial charge on any atom is 0.331 e. The number of carbonyl (C=O) groups is 3. The van der Waals surface area contributed by atoms with Gasteiger partial charge < -0.3 is 83.5 Å². The van der Waals surface area contributed by atoms with Gasteiger partial charge in [0.2, 0.25) is 24.1 Å². The summed E-state index contributed by atoms with van der Waals surface area (Å²) in [5.74, 6) is -5.29. The molecule has 2 aliphatic rings. The molecule has 8 N–H and O–H groups in total. The van der Waals surface area contributed by atoms with Crippen molar-refractivity contribution in [3.05, 3.63) is 59.7 Å². The van der Waals surface area contributed by atoms with Crippen molar-refractivity contribution in [3.63, 3.8) is 0 Å². The van der Waals surface area contributed by atoms with E-state index in [0.29, 0.717) is 16.9 Å². The molecule has 2 saturated heterocycles. The molecule has 320 valence electrons. The summed E-state index contributed by atoms with van der Waals surface area (Å²) in [6.07, 6.45) is -12.1. The summed E-state index contributed by atoms with van der Waals surface area (Å²) in [7, 11) is 2.75. The molecule has 20 nitrogen and oxygen atoms in total. The third-order valence-electron chi connectivity index (χ3n) is 8.81. The van der Waals surface area contributed by atoms with Crippen molar-refractivity contribution in [2.24, 2.45) is 0 Å². The van der Waals surface area contributed by atoms with E-state index in [1.54, 1.807) is 24.3 Å². The lowest BCUT2D eigenvalue weighted by atomic mass is 9.99. The molecule has 0 unspecified atom stereocenters. The van der Waals surface area contributed by atoms with Crippen molar-refractivity contribution < 1.29 is 97.9 Å². The fourth-order valence-electron chi connectivity index (χ4n) is 5.87. The number of rotatable bonds is 17. The van der Waals surface area contributed by atoms with Gasteiger partial charge in [-0.15, -0.1) is 0 Å². The topological polar surface area (TPSA) is 296 Å². The molecular formula is C38H48O20. The van der Waals surface area contributed by atoms with E-state index in [1.807, 2.05) is 0 Å². The van der Waals surface area contributed by atoms with E-state index in [0.717, 1.165) is 13.0 Å². The highest BCUT2D eigenvalue weighted by Gasteiger charge is 2.50. The third kappa shape index (κ3) is 11.9. The normalized spacial score (nSPS) is 28.4. The van der Waals surface area contributed by atoms with Crippen LogP contribution < -0.4 is 14.2 Å². The number of aromatic hydroxyl groups is 1. The summed E-state index contributed by atoms with van der Waals surface area (Å²) < 4.78 is 48.6. The van der Waals surface area contributed by atoms with Crippen LogP contribution in [0.15, 0.2) is 48.6 Å². The predicted molar refractivity (Wildman–Crippen MR) is 195 cm³/mol. The first-order chi connectivity index (χ1) is 27.5. The van der Waals surface area contributed by atoms with Crippen molar-refractivity contribution in [3.8, 4) is 23.0 Å². The van der Waals surface area contributed by atoms with Crippen LogP contribution in [-0.2, 0) is 42.8 Å². The average Bonchev–Trinajstić information content (AvgIpc) is 3.18. The number of hydrogen-bond donors (Lipinski definition) is 8. The second-order valence-electron chi connectivity index (χ2n) is 13.2. The van der Waals surface area contributed by atoms with Crippen molar-refractivity contribution in [1.82, 2.24) is 0 Å². The summed E-state index contributed by atoms with van der Waals surface area (Å²) in [4.78, 5) is 37.9. The van der Waals surface area contributed by atoms with Crippen molar-refractivity contribution in [1.29, 1.82) is 0 Å². The van der Waals surface area contributed by atoms with Gasteiger partial charge in [-0.25, -0.2) is 4.79 Å². The number of esters is 3. The number of phenolic OH excluding ortho intramolecular Hbond substituents is 1. The van der Waals surface area contributed by atoms with Crippen molar-refractivity contribution in [2.75, 3.05) is 34.0 Å². The van der Waals surface area contributed by atoms with Gasteiger partial charge in [-0.2, -0.15) is 0 Å². The molecule has 11 atom stereocenters. The van der Waals surface area contributed by atoms with Gasteiger partial charge in [-0.3, -0.25) is 9.59 Å². The molecule has 0 aliphatic carbocycles. The second kappa shape index (κ2) is 20.7. The monoisotopic (exact) mass is 824 g/mol. The highest BCUT2D eigenvalue weighted by molar-refractivity contribution is 5.87. The number of aliphatic hydroxyl groups is 7. The molecule has 2 fully saturated rings. The zero-order chi connectivity index (χ0) is 42.7. The fourth-order valence-corrected chi connectivity index (χ4v) is 5.87. The van der Waals surface area contributed by atoms with Crippen LogP contribution in [0.4, 0.5) is 0 Å². The molecule has 2 aromatic carbocycles. The fraction of sp³-hybridized carbons (Fsp3) is 0.500. The Morgan fingerprint density at radius 1 is 0.810 bits per heavy atom. The first-order valence-corrected chi connectivity index (χ1v) is 17.8. The van der Waals surface area contributed by atoms with Crippen LogP contribution in [-0.4, -0.2) is 160 Å². The zero-order valence-corrected chi connectivity index (χ0v) is 31.9. The standard InChI is InChI=1S/C38H48O20/c1-19(41)57-38(2,58-37-35(32(48)30(46)26(18-40)54-37)55-27(43)12-9-20-7-10-22(50-3)11-8-20)16-28(44)52-13-5-6-21-14-23(42)34(24(15-21)51-4)56-36-33(49)31(47)29(45)25(17-39)53-36/h5-12,14-15,25-26,29-33,35-37,39-40,42,45-49H,13,16-18H2,1-4H3/b6-5+,12-9+/t25-,26-,29-,30-,31+,32+,33-,35-,36-,37-,38-/m1/s1. The molecule has 0 saturated carbocycles. The van der Waals surface area contributed by atoms with Gasteiger partial charge in [0, 0.05) is 19.9 Å². The minimum atomic E-state index is -2.17. The Hall–Kier alpha value is -4.87. The minimum absolute atomic E-state index is 0.0499. The molecule has 0 aromatic heterocycles. The number of aliphatic hydroxyl groups excluding tert-OH is 7. The Morgan fingerprint density at radius 3 is 2.05 bits per heavy atom. The molecule has 0 amide bonds. The highest BCUT2D eigenvalue weighted by atomic mass is 16.8. The van der Waals surface area contributed by atoms with E-state index < -0.39 is 110 Å². The lowest BCUT2D eigenvalue weighted by molar-refractivity contribution is -0.358. The Kier molecular flexibility index (Phi) is 16.4.